The summed E-state index contributed by atoms with van der Waals surface area (Å²) in [4.78, 5) is 6.50. The lowest BCUT2D eigenvalue weighted by Gasteiger charge is -2.19. The molecule has 0 aromatic rings. The van der Waals surface area contributed by atoms with E-state index in [1.54, 1.807) is 13.0 Å². The molecule has 0 saturated carbocycles. The van der Waals surface area contributed by atoms with Crippen molar-refractivity contribution in [2.24, 2.45) is 16.5 Å². The van der Waals surface area contributed by atoms with Crippen LogP contribution in [0.4, 0.5) is 4.39 Å². The molecule has 0 spiro atoms. The number of unbranched alkanes of at least 4 members (excludes halogenated alkanes) is 1. The Morgan fingerprint density at radius 3 is 2.32 bits per heavy atom. The van der Waals surface area contributed by atoms with Gasteiger partial charge in [-0.25, -0.2) is 9.38 Å². The van der Waals surface area contributed by atoms with Gasteiger partial charge in [-0.05, 0) is 57.5 Å². The van der Waals surface area contributed by atoms with Crippen molar-refractivity contribution in [3.05, 3.63) is 35.4 Å². The maximum absolute atomic E-state index is 12.7. The fourth-order valence-corrected chi connectivity index (χ4v) is 1.81. The number of nitrogens with two attached hydrogens (primary N) is 2. The summed E-state index contributed by atoms with van der Waals surface area (Å²) in [6.45, 7) is 10.4. The van der Waals surface area contributed by atoms with Crippen LogP contribution >= 0.6 is 0 Å². The highest BCUT2D eigenvalue weighted by atomic mass is 19.1. The minimum absolute atomic E-state index is 0.276. The van der Waals surface area contributed by atoms with E-state index in [2.05, 4.69) is 23.7 Å². The summed E-state index contributed by atoms with van der Waals surface area (Å²) in [6, 6.07) is 0. The molecule has 4 N–H and O–H groups in total. The molecule has 0 aromatic carbocycles. The third kappa shape index (κ3) is 10.2. The van der Waals surface area contributed by atoms with E-state index in [-0.39, 0.29) is 5.83 Å². The molecule has 22 heavy (non-hydrogen) atoms. The van der Waals surface area contributed by atoms with Crippen molar-refractivity contribution in [1.82, 2.24) is 4.90 Å². The average molecular weight is 310 g/mol. The normalized spacial score (nSPS) is 14.8. The average Bonchev–Trinajstić information content (AvgIpc) is 2.47. The molecule has 126 valence electrons. The second-order valence-corrected chi connectivity index (χ2v) is 5.38. The van der Waals surface area contributed by atoms with E-state index in [0.717, 1.165) is 26.1 Å². The maximum atomic E-state index is 12.7. The van der Waals surface area contributed by atoms with Gasteiger partial charge in [0.15, 0.2) is 0 Å². The van der Waals surface area contributed by atoms with E-state index >= 15 is 0 Å². The first-order valence-corrected chi connectivity index (χ1v) is 7.93. The van der Waals surface area contributed by atoms with E-state index < -0.39 is 0 Å². The molecular weight excluding hydrogens is 279 g/mol. The number of hydrogen-bond donors (Lipinski definition) is 2. The Balaban J connectivity index is 4.71. The van der Waals surface area contributed by atoms with Gasteiger partial charge in [0.2, 0.25) is 0 Å². The van der Waals surface area contributed by atoms with Crippen LogP contribution in [0.3, 0.4) is 0 Å². The Kier molecular flexibility index (Phi) is 11.1. The van der Waals surface area contributed by atoms with Gasteiger partial charge in [-0.3, -0.25) is 4.90 Å². The van der Waals surface area contributed by atoms with Crippen molar-refractivity contribution in [3.63, 3.8) is 0 Å². The summed E-state index contributed by atoms with van der Waals surface area (Å²) in [5, 5.41) is 0. The molecule has 0 amide bonds. The standard InChI is InChI=1S/C17H31FN4/c1-5-7-12-22(11-6-2)13-10-16(19)21-17(20)14(3)8-9-15(4)18/h8-10H,5-7,11-13,19H2,1-4H3,(H2,20,21)/b14-8+,15-9+,16-10-. The molecule has 0 unspecified atom stereocenters. The van der Waals surface area contributed by atoms with E-state index in [0.29, 0.717) is 17.2 Å². The SMILES string of the molecule is CCCCN(C\C=C(N)/N=C(N)\C(C)=C\C=C(/C)F)CCC. The second-order valence-electron chi connectivity index (χ2n) is 5.38. The summed E-state index contributed by atoms with van der Waals surface area (Å²) in [5.74, 6) is 0.424. The highest BCUT2D eigenvalue weighted by molar-refractivity contribution is 5.97. The lowest BCUT2D eigenvalue weighted by Crippen LogP contribution is -2.26. The van der Waals surface area contributed by atoms with Gasteiger partial charge in [0.1, 0.15) is 11.7 Å². The van der Waals surface area contributed by atoms with Gasteiger partial charge in [0.25, 0.3) is 0 Å². The maximum Gasteiger partial charge on any atom is 0.128 e. The van der Waals surface area contributed by atoms with Gasteiger partial charge in [-0.2, -0.15) is 0 Å². The van der Waals surface area contributed by atoms with E-state index in [4.69, 9.17) is 11.5 Å². The molecule has 0 atom stereocenters. The summed E-state index contributed by atoms with van der Waals surface area (Å²) < 4.78 is 12.7. The Labute approximate surface area is 134 Å². The fourth-order valence-electron chi connectivity index (χ4n) is 1.81. The van der Waals surface area contributed by atoms with Crippen molar-refractivity contribution < 1.29 is 4.39 Å². The third-order valence-corrected chi connectivity index (χ3v) is 3.14. The Morgan fingerprint density at radius 1 is 1.09 bits per heavy atom. The molecular formula is C17H31FN4. The number of nitrogens with zero attached hydrogens (tertiary/aromatic N) is 2. The molecule has 0 aromatic heterocycles. The van der Waals surface area contributed by atoms with Crippen LogP contribution in [0.5, 0.6) is 0 Å². The van der Waals surface area contributed by atoms with Crippen molar-refractivity contribution >= 4 is 5.84 Å². The van der Waals surface area contributed by atoms with Crippen molar-refractivity contribution in [3.8, 4) is 0 Å². The number of rotatable bonds is 10. The van der Waals surface area contributed by atoms with Crippen molar-refractivity contribution in [2.75, 3.05) is 19.6 Å². The van der Waals surface area contributed by atoms with Gasteiger partial charge in [0.05, 0.1) is 5.83 Å². The summed E-state index contributed by atoms with van der Waals surface area (Å²) in [5.41, 5.74) is 12.4. The predicted octanol–water partition coefficient (Wildman–Crippen LogP) is 3.48. The second kappa shape index (κ2) is 12.0. The lowest BCUT2D eigenvalue weighted by molar-refractivity contribution is 0.297. The topological polar surface area (TPSA) is 67.6 Å². The number of aliphatic imine (C=N–C) groups is 1. The van der Waals surface area contributed by atoms with Crippen LogP contribution in [0.2, 0.25) is 0 Å². The van der Waals surface area contributed by atoms with Gasteiger partial charge in [-0.1, -0.05) is 26.3 Å². The minimum atomic E-state index is -0.276. The molecule has 0 bridgehead atoms. The van der Waals surface area contributed by atoms with Crippen LogP contribution in [-0.4, -0.2) is 30.4 Å². The van der Waals surface area contributed by atoms with Gasteiger partial charge in [-0.15, -0.1) is 0 Å². The Bertz CT molecular complexity index is 432. The van der Waals surface area contributed by atoms with Gasteiger partial charge >= 0.3 is 0 Å². The quantitative estimate of drug-likeness (QED) is 0.369. The lowest BCUT2D eigenvalue weighted by atomic mass is 10.2. The highest BCUT2D eigenvalue weighted by Crippen LogP contribution is 2.02. The summed E-state index contributed by atoms with van der Waals surface area (Å²) in [7, 11) is 0. The molecule has 0 aliphatic rings. The Hall–Kier alpha value is -1.62. The molecule has 0 rings (SSSR count). The summed E-state index contributed by atoms with van der Waals surface area (Å²) in [6.07, 6.45) is 8.28. The highest BCUT2D eigenvalue weighted by Gasteiger charge is 2.02. The van der Waals surface area contributed by atoms with Gasteiger partial charge in [0, 0.05) is 6.54 Å². The largest absolute Gasteiger partial charge is 0.384 e. The molecule has 0 aliphatic heterocycles. The predicted molar refractivity (Wildman–Crippen MR) is 94.2 cm³/mol. The van der Waals surface area contributed by atoms with E-state index in [1.165, 1.54) is 25.8 Å². The van der Waals surface area contributed by atoms with Crippen LogP contribution in [0.15, 0.2) is 40.4 Å². The van der Waals surface area contributed by atoms with Crippen LogP contribution < -0.4 is 11.5 Å². The monoisotopic (exact) mass is 310 g/mol. The number of hydrogen-bond acceptors (Lipinski definition) is 3. The molecule has 0 saturated heterocycles. The van der Waals surface area contributed by atoms with Crippen LogP contribution in [0.1, 0.15) is 47.0 Å². The molecule has 0 fully saturated rings. The van der Waals surface area contributed by atoms with Crippen LogP contribution in [0, 0.1) is 0 Å². The molecule has 0 heterocycles. The number of halogens is 1. The molecule has 0 radical (unpaired) electrons. The van der Waals surface area contributed by atoms with Gasteiger partial charge < -0.3 is 11.5 Å². The molecule has 4 nitrogen and oxygen atoms in total. The van der Waals surface area contributed by atoms with Crippen LogP contribution in [0.25, 0.3) is 0 Å². The zero-order valence-corrected chi connectivity index (χ0v) is 14.4. The smallest absolute Gasteiger partial charge is 0.128 e. The van der Waals surface area contributed by atoms with E-state index in [1.807, 2.05) is 6.08 Å². The zero-order chi connectivity index (χ0) is 17.0. The minimum Gasteiger partial charge on any atom is -0.384 e. The number of amidine groups is 1. The molecule has 0 aliphatic carbocycles. The first-order chi connectivity index (χ1) is 10.4. The first kappa shape index (κ1) is 20.4. The zero-order valence-electron chi connectivity index (χ0n) is 14.4. The van der Waals surface area contributed by atoms with E-state index in [9.17, 15) is 4.39 Å². The number of allylic oxidation sites excluding steroid dienone is 3. The van der Waals surface area contributed by atoms with Crippen molar-refractivity contribution in [1.29, 1.82) is 0 Å². The third-order valence-electron chi connectivity index (χ3n) is 3.14. The summed E-state index contributed by atoms with van der Waals surface area (Å²) >= 11 is 0. The molecule has 5 heteroatoms. The Morgan fingerprint density at radius 2 is 1.77 bits per heavy atom. The fraction of sp³-hybridized carbons (Fsp3) is 0.588. The first-order valence-electron chi connectivity index (χ1n) is 7.93. The van der Waals surface area contributed by atoms with Crippen molar-refractivity contribution in [2.45, 2.75) is 47.0 Å². The van der Waals surface area contributed by atoms with Crippen LogP contribution in [-0.2, 0) is 0 Å².